The molecule has 19 heavy (non-hydrogen) atoms. The Kier molecular flexibility index (Phi) is 4.16. The summed E-state index contributed by atoms with van der Waals surface area (Å²) in [4.78, 5) is 4.21. The van der Waals surface area contributed by atoms with Gasteiger partial charge in [-0.25, -0.2) is 9.37 Å². The highest BCUT2D eigenvalue weighted by molar-refractivity contribution is 5.36. The van der Waals surface area contributed by atoms with E-state index in [0.717, 1.165) is 17.9 Å². The van der Waals surface area contributed by atoms with Crippen LogP contribution in [0, 0.1) is 5.82 Å². The van der Waals surface area contributed by atoms with Gasteiger partial charge in [-0.05, 0) is 19.9 Å². The molecule has 0 bridgehead atoms. The van der Waals surface area contributed by atoms with Gasteiger partial charge in [0.1, 0.15) is 24.0 Å². The fourth-order valence-corrected chi connectivity index (χ4v) is 1.92. The molecule has 0 radical (unpaired) electrons. The fourth-order valence-electron chi connectivity index (χ4n) is 1.92. The third-order valence-corrected chi connectivity index (χ3v) is 2.97. The lowest BCUT2D eigenvalue weighted by Crippen LogP contribution is -2.10. The molecule has 1 atom stereocenters. The number of aromatic nitrogens is 2. The van der Waals surface area contributed by atoms with E-state index in [1.54, 1.807) is 12.3 Å². The lowest BCUT2D eigenvalue weighted by Gasteiger charge is -2.14. The van der Waals surface area contributed by atoms with Crippen molar-refractivity contribution in [1.82, 2.24) is 9.55 Å². The molecule has 0 amide bonds. The molecule has 4 nitrogen and oxygen atoms in total. The second-order valence-corrected chi connectivity index (χ2v) is 4.39. The van der Waals surface area contributed by atoms with Gasteiger partial charge in [0.05, 0.1) is 0 Å². The summed E-state index contributed by atoms with van der Waals surface area (Å²) in [6, 6.07) is 4.19. The molecule has 1 aromatic heterocycles. The van der Waals surface area contributed by atoms with Crippen LogP contribution in [-0.4, -0.2) is 9.55 Å². The Balaban J connectivity index is 2.17. The van der Waals surface area contributed by atoms with Crippen molar-refractivity contribution in [2.75, 3.05) is 0 Å². The van der Waals surface area contributed by atoms with Crippen LogP contribution in [0.15, 0.2) is 30.6 Å². The Labute approximate surface area is 112 Å². The van der Waals surface area contributed by atoms with E-state index in [-0.39, 0.29) is 11.9 Å². The molecule has 0 fully saturated rings. The summed E-state index contributed by atoms with van der Waals surface area (Å²) in [5.74, 6) is 0.946. The van der Waals surface area contributed by atoms with Crippen molar-refractivity contribution in [3.05, 3.63) is 47.8 Å². The van der Waals surface area contributed by atoms with E-state index < -0.39 is 0 Å². The lowest BCUT2D eigenvalue weighted by molar-refractivity contribution is 0.284. The predicted octanol–water partition coefficient (Wildman–Crippen LogP) is 2.64. The Hall–Kier alpha value is -1.88. The summed E-state index contributed by atoms with van der Waals surface area (Å²) in [6.45, 7) is 4.99. The minimum Gasteiger partial charge on any atom is -0.485 e. The minimum absolute atomic E-state index is 0.207. The lowest BCUT2D eigenvalue weighted by atomic mass is 10.1. The zero-order valence-electron chi connectivity index (χ0n) is 11.1. The molecule has 0 aliphatic heterocycles. The first kappa shape index (κ1) is 13.5. The van der Waals surface area contributed by atoms with E-state index >= 15 is 0 Å². The molecule has 1 aromatic carbocycles. The quantitative estimate of drug-likeness (QED) is 0.902. The number of benzene rings is 1. The van der Waals surface area contributed by atoms with Gasteiger partial charge in [0.2, 0.25) is 0 Å². The fraction of sp³-hybridized carbons (Fsp3) is 0.357. The van der Waals surface area contributed by atoms with Crippen LogP contribution in [0.4, 0.5) is 4.39 Å². The van der Waals surface area contributed by atoms with E-state index in [4.69, 9.17) is 10.5 Å². The topological polar surface area (TPSA) is 53.1 Å². The zero-order valence-corrected chi connectivity index (χ0v) is 11.1. The van der Waals surface area contributed by atoms with Gasteiger partial charge in [0.15, 0.2) is 0 Å². The molecule has 0 spiro atoms. The van der Waals surface area contributed by atoms with E-state index in [9.17, 15) is 4.39 Å². The van der Waals surface area contributed by atoms with Crippen LogP contribution in [0.2, 0.25) is 0 Å². The number of aryl methyl sites for hydroxylation is 1. The average Bonchev–Trinajstić information content (AvgIpc) is 2.83. The second kappa shape index (κ2) is 5.84. The average molecular weight is 263 g/mol. The van der Waals surface area contributed by atoms with Crippen LogP contribution in [-0.2, 0) is 13.2 Å². The zero-order chi connectivity index (χ0) is 13.8. The molecule has 1 heterocycles. The molecule has 0 aliphatic carbocycles. The summed E-state index contributed by atoms with van der Waals surface area (Å²) in [5.41, 5.74) is 6.63. The van der Waals surface area contributed by atoms with E-state index in [1.807, 2.05) is 24.6 Å². The smallest absolute Gasteiger partial charge is 0.146 e. The van der Waals surface area contributed by atoms with Crippen molar-refractivity contribution in [1.29, 1.82) is 0 Å². The van der Waals surface area contributed by atoms with Gasteiger partial charge in [-0.2, -0.15) is 0 Å². The van der Waals surface area contributed by atoms with Gasteiger partial charge in [-0.15, -0.1) is 0 Å². The summed E-state index contributed by atoms with van der Waals surface area (Å²) in [6.07, 6.45) is 3.61. The minimum atomic E-state index is -0.335. The van der Waals surface area contributed by atoms with Gasteiger partial charge in [-0.3, -0.25) is 0 Å². The molecule has 2 N–H and O–H groups in total. The standard InChI is InChI=1S/C14H18FN3O/c1-3-18-7-6-17-14(18)9-19-13-8-11(15)4-5-12(13)10(2)16/h4-8,10H,3,9,16H2,1-2H3/t10-/m1/s1. The van der Waals surface area contributed by atoms with Gasteiger partial charge in [0, 0.05) is 36.6 Å². The van der Waals surface area contributed by atoms with Crippen molar-refractivity contribution >= 4 is 0 Å². The largest absolute Gasteiger partial charge is 0.485 e. The van der Waals surface area contributed by atoms with E-state index in [0.29, 0.717) is 12.4 Å². The Morgan fingerprint density at radius 3 is 2.95 bits per heavy atom. The number of hydrogen-bond acceptors (Lipinski definition) is 3. The molecule has 2 rings (SSSR count). The predicted molar refractivity (Wildman–Crippen MR) is 71.2 cm³/mol. The number of halogens is 1. The normalized spacial score (nSPS) is 12.4. The van der Waals surface area contributed by atoms with Crippen LogP contribution in [0.3, 0.4) is 0 Å². The number of hydrogen-bond donors (Lipinski definition) is 1. The molecule has 102 valence electrons. The Morgan fingerprint density at radius 1 is 1.47 bits per heavy atom. The van der Waals surface area contributed by atoms with E-state index in [2.05, 4.69) is 4.98 Å². The van der Waals surface area contributed by atoms with Crippen molar-refractivity contribution < 1.29 is 9.13 Å². The maximum Gasteiger partial charge on any atom is 0.146 e. The van der Waals surface area contributed by atoms with Crippen LogP contribution >= 0.6 is 0 Å². The van der Waals surface area contributed by atoms with Crippen molar-refractivity contribution in [3.8, 4) is 5.75 Å². The van der Waals surface area contributed by atoms with Crippen LogP contribution in [0.25, 0.3) is 0 Å². The monoisotopic (exact) mass is 263 g/mol. The highest BCUT2D eigenvalue weighted by Gasteiger charge is 2.11. The Bertz CT molecular complexity index is 551. The van der Waals surface area contributed by atoms with Crippen molar-refractivity contribution in [3.63, 3.8) is 0 Å². The maximum atomic E-state index is 13.3. The van der Waals surface area contributed by atoms with Gasteiger partial charge < -0.3 is 15.0 Å². The number of nitrogens with two attached hydrogens (primary N) is 1. The SMILES string of the molecule is CCn1ccnc1COc1cc(F)ccc1[C@@H](C)N. The molecular formula is C14H18FN3O. The maximum absolute atomic E-state index is 13.3. The first-order valence-electron chi connectivity index (χ1n) is 6.29. The first-order chi connectivity index (χ1) is 9.11. The third-order valence-electron chi connectivity index (χ3n) is 2.97. The summed E-state index contributed by atoms with van der Waals surface area (Å²) in [5, 5.41) is 0. The highest BCUT2D eigenvalue weighted by atomic mass is 19.1. The second-order valence-electron chi connectivity index (χ2n) is 4.39. The van der Waals surface area contributed by atoms with Gasteiger partial charge in [-0.1, -0.05) is 6.07 Å². The molecule has 2 aromatic rings. The molecule has 5 heteroatoms. The third kappa shape index (κ3) is 3.12. The number of imidazole rings is 1. The number of nitrogens with zero attached hydrogens (tertiary/aromatic N) is 2. The van der Waals surface area contributed by atoms with Crippen LogP contribution in [0.1, 0.15) is 31.3 Å². The van der Waals surface area contributed by atoms with Gasteiger partial charge in [0.25, 0.3) is 0 Å². The molecule has 0 saturated carbocycles. The van der Waals surface area contributed by atoms with E-state index in [1.165, 1.54) is 12.1 Å². The highest BCUT2D eigenvalue weighted by Crippen LogP contribution is 2.25. The molecular weight excluding hydrogens is 245 g/mol. The number of rotatable bonds is 5. The number of ether oxygens (including phenoxy) is 1. The van der Waals surface area contributed by atoms with Crippen molar-refractivity contribution in [2.45, 2.75) is 33.0 Å². The van der Waals surface area contributed by atoms with Crippen LogP contribution in [0.5, 0.6) is 5.75 Å². The molecule has 0 unspecified atom stereocenters. The molecule has 0 aliphatic rings. The summed E-state index contributed by atoms with van der Waals surface area (Å²) >= 11 is 0. The summed E-state index contributed by atoms with van der Waals surface area (Å²) < 4.78 is 20.9. The van der Waals surface area contributed by atoms with Gasteiger partial charge >= 0.3 is 0 Å². The summed E-state index contributed by atoms with van der Waals surface area (Å²) in [7, 11) is 0. The van der Waals surface area contributed by atoms with Crippen molar-refractivity contribution in [2.24, 2.45) is 5.73 Å². The Morgan fingerprint density at radius 2 is 2.26 bits per heavy atom. The first-order valence-corrected chi connectivity index (χ1v) is 6.29. The molecule has 0 saturated heterocycles. The van der Waals surface area contributed by atoms with Crippen LogP contribution < -0.4 is 10.5 Å².